The second kappa shape index (κ2) is 6.88. The molecule has 1 N–H and O–H groups in total. The Morgan fingerprint density at radius 2 is 1.74 bits per heavy atom. The van der Waals surface area contributed by atoms with Gasteiger partial charge in [-0.05, 0) is 59.9 Å². The van der Waals surface area contributed by atoms with E-state index in [-0.39, 0.29) is 11.3 Å². The van der Waals surface area contributed by atoms with Crippen LogP contribution in [-0.4, -0.2) is 10.4 Å². The van der Waals surface area contributed by atoms with E-state index < -0.39 is 0 Å². The van der Waals surface area contributed by atoms with Gasteiger partial charge in [-0.2, -0.15) is 0 Å². The van der Waals surface area contributed by atoms with Gasteiger partial charge in [-0.1, -0.05) is 24.3 Å². The van der Waals surface area contributed by atoms with E-state index in [4.69, 9.17) is 0 Å². The van der Waals surface area contributed by atoms with Gasteiger partial charge in [-0.3, -0.25) is 9.59 Å². The number of ketones is 1. The number of benzene rings is 2. The second-order valence-electron chi connectivity index (χ2n) is 7.20. The summed E-state index contributed by atoms with van der Waals surface area (Å²) in [4.78, 5) is 24.1. The van der Waals surface area contributed by atoms with Gasteiger partial charge in [0.2, 0.25) is 0 Å². The number of aryl methyl sites for hydroxylation is 3. The number of carbonyl (C=O) groups excluding carboxylic acids is 1. The summed E-state index contributed by atoms with van der Waals surface area (Å²) in [6.07, 6.45) is 3.69. The quantitative estimate of drug-likeness (QED) is 0.765. The third-order valence-electron chi connectivity index (χ3n) is 5.14. The molecule has 27 heavy (non-hydrogen) atoms. The van der Waals surface area contributed by atoms with Gasteiger partial charge in [-0.15, -0.1) is 0 Å². The number of para-hydroxylation sites is 1. The molecule has 1 aliphatic rings. The fraction of sp³-hybridized carbons (Fsp3) is 0.217. The smallest absolute Gasteiger partial charge is 0.253 e. The third-order valence-corrected chi connectivity index (χ3v) is 5.14. The van der Waals surface area contributed by atoms with E-state index in [2.05, 4.69) is 17.4 Å². The summed E-state index contributed by atoms with van der Waals surface area (Å²) in [5.74, 6) is 0.282. The first-order chi connectivity index (χ1) is 13.0. The largest absolute Gasteiger partial charge is 0.355 e. The van der Waals surface area contributed by atoms with E-state index in [0.717, 1.165) is 40.0 Å². The molecule has 1 aliphatic carbocycles. The highest BCUT2D eigenvalue weighted by atomic mass is 16.1. The summed E-state index contributed by atoms with van der Waals surface area (Å²) in [7, 11) is 1.78. The lowest BCUT2D eigenvalue weighted by Crippen LogP contribution is -2.18. The van der Waals surface area contributed by atoms with E-state index in [9.17, 15) is 9.59 Å². The lowest BCUT2D eigenvalue weighted by atomic mass is 9.87. The molecular formula is C23H22N2O2. The normalized spacial score (nSPS) is 13.3. The van der Waals surface area contributed by atoms with Gasteiger partial charge in [-0.25, -0.2) is 0 Å². The molecule has 0 spiro atoms. The van der Waals surface area contributed by atoms with Crippen LogP contribution >= 0.6 is 0 Å². The van der Waals surface area contributed by atoms with Crippen LogP contribution in [0.1, 0.15) is 23.1 Å². The molecule has 0 aliphatic heterocycles. The SMILES string of the molecule is Cc1cc(-c2cc3c(c(Nc4ccccc4)c2)CC(=O)CC3)cn(C)c1=O. The van der Waals surface area contributed by atoms with Gasteiger partial charge < -0.3 is 9.88 Å². The molecule has 4 nitrogen and oxygen atoms in total. The molecule has 0 fully saturated rings. The average Bonchev–Trinajstić information content (AvgIpc) is 2.66. The molecule has 3 aromatic rings. The average molecular weight is 358 g/mol. The van der Waals surface area contributed by atoms with E-state index in [1.807, 2.05) is 49.5 Å². The van der Waals surface area contributed by atoms with Crippen LogP contribution in [0.25, 0.3) is 11.1 Å². The van der Waals surface area contributed by atoms with E-state index in [1.54, 1.807) is 11.6 Å². The van der Waals surface area contributed by atoms with Gasteiger partial charge in [0, 0.05) is 43.0 Å². The maximum atomic E-state index is 12.0. The maximum Gasteiger partial charge on any atom is 0.253 e. The fourth-order valence-corrected chi connectivity index (χ4v) is 3.71. The van der Waals surface area contributed by atoms with Crippen molar-refractivity contribution < 1.29 is 4.79 Å². The number of pyridine rings is 1. The van der Waals surface area contributed by atoms with Crippen LogP contribution in [0, 0.1) is 6.92 Å². The zero-order chi connectivity index (χ0) is 19.0. The molecule has 0 radical (unpaired) electrons. The van der Waals surface area contributed by atoms with Crippen molar-refractivity contribution in [2.24, 2.45) is 7.05 Å². The molecule has 136 valence electrons. The highest BCUT2D eigenvalue weighted by Gasteiger charge is 2.20. The minimum Gasteiger partial charge on any atom is -0.355 e. The van der Waals surface area contributed by atoms with Crippen LogP contribution in [0.15, 0.2) is 59.5 Å². The molecule has 1 aromatic heterocycles. The lowest BCUT2D eigenvalue weighted by molar-refractivity contribution is -0.118. The Bertz CT molecular complexity index is 1060. The Balaban J connectivity index is 1.85. The number of hydrogen-bond acceptors (Lipinski definition) is 3. The minimum atomic E-state index is 0.0185. The van der Waals surface area contributed by atoms with Crippen molar-refractivity contribution in [3.05, 3.63) is 81.8 Å². The molecule has 0 saturated heterocycles. The Kier molecular flexibility index (Phi) is 4.40. The second-order valence-corrected chi connectivity index (χ2v) is 7.20. The van der Waals surface area contributed by atoms with E-state index in [0.29, 0.717) is 12.8 Å². The van der Waals surface area contributed by atoms with Gasteiger partial charge in [0.1, 0.15) is 5.78 Å². The number of nitrogens with one attached hydrogen (secondary N) is 1. The minimum absolute atomic E-state index is 0.0185. The van der Waals surface area contributed by atoms with Crippen molar-refractivity contribution in [3.8, 4) is 11.1 Å². The van der Waals surface area contributed by atoms with Crippen LogP contribution in [0.2, 0.25) is 0 Å². The number of aromatic nitrogens is 1. The van der Waals surface area contributed by atoms with Crippen LogP contribution in [-0.2, 0) is 24.7 Å². The number of hydrogen-bond donors (Lipinski definition) is 1. The molecule has 0 unspecified atom stereocenters. The zero-order valence-electron chi connectivity index (χ0n) is 15.6. The zero-order valence-corrected chi connectivity index (χ0v) is 15.6. The molecule has 4 heteroatoms. The molecule has 1 heterocycles. The summed E-state index contributed by atoms with van der Waals surface area (Å²) >= 11 is 0. The highest BCUT2D eigenvalue weighted by molar-refractivity contribution is 5.87. The van der Waals surface area contributed by atoms with Crippen LogP contribution in [0.3, 0.4) is 0 Å². The van der Waals surface area contributed by atoms with Crippen LogP contribution < -0.4 is 10.9 Å². The topological polar surface area (TPSA) is 51.1 Å². The predicted molar refractivity (Wildman–Crippen MR) is 109 cm³/mol. The molecule has 4 rings (SSSR count). The first kappa shape index (κ1) is 17.3. The number of fused-ring (bicyclic) bond motifs is 1. The molecule has 0 atom stereocenters. The first-order valence-electron chi connectivity index (χ1n) is 9.18. The molecule has 0 amide bonds. The van der Waals surface area contributed by atoms with Crippen LogP contribution in [0.4, 0.5) is 11.4 Å². The standard InChI is InChI=1S/C23H22N2O2/c1-15-10-18(14-25(2)23(15)27)17-11-16-8-9-20(26)13-21(16)22(12-17)24-19-6-4-3-5-7-19/h3-7,10-12,14,24H,8-9,13H2,1-2H3. The Morgan fingerprint density at radius 1 is 0.963 bits per heavy atom. The van der Waals surface area contributed by atoms with Crippen molar-refractivity contribution in [3.63, 3.8) is 0 Å². The van der Waals surface area contributed by atoms with Crippen molar-refractivity contribution in [1.29, 1.82) is 0 Å². The molecule has 0 bridgehead atoms. The summed E-state index contributed by atoms with van der Waals surface area (Å²) in [6, 6.07) is 16.2. The molecule has 0 saturated carbocycles. The lowest BCUT2D eigenvalue weighted by Gasteiger charge is -2.22. The van der Waals surface area contributed by atoms with E-state index >= 15 is 0 Å². The third kappa shape index (κ3) is 3.43. The highest BCUT2D eigenvalue weighted by Crippen LogP contribution is 2.34. The summed E-state index contributed by atoms with van der Waals surface area (Å²) in [5.41, 5.74) is 7.05. The van der Waals surface area contributed by atoms with E-state index in [1.165, 1.54) is 5.56 Å². The predicted octanol–water partition coefficient (Wildman–Crippen LogP) is 4.16. The molecule has 2 aromatic carbocycles. The number of Topliss-reactive ketones (excluding diaryl/α,β-unsaturated/α-hetero) is 1. The van der Waals surface area contributed by atoms with Crippen molar-refractivity contribution in [1.82, 2.24) is 4.57 Å². The number of carbonyl (C=O) groups is 1. The Morgan fingerprint density at radius 3 is 2.48 bits per heavy atom. The molecular weight excluding hydrogens is 336 g/mol. The van der Waals surface area contributed by atoms with Gasteiger partial charge in [0.25, 0.3) is 5.56 Å². The van der Waals surface area contributed by atoms with Gasteiger partial charge >= 0.3 is 0 Å². The van der Waals surface area contributed by atoms with Gasteiger partial charge in [0.05, 0.1) is 0 Å². The Hall–Kier alpha value is -3.14. The maximum absolute atomic E-state index is 12.0. The number of rotatable bonds is 3. The Labute approximate surface area is 158 Å². The monoisotopic (exact) mass is 358 g/mol. The summed E-state index contributed by atoms with van der Waals surface area (Å²) < 4.78 is 1.62. The number of nitrogens with zero attached hydrogens (tertiary/aromatic N) is 1. The van der Waals surface area contributed by atoms with Gasteiger partial charge in [0.15, 0.2) is 0 Å². The fourth-order valence-electron chi connectivity index (χ4n) is 3.71. The summed E-state index contributed by atoms with van der Waals surface area (Å²) in [6.45, 7) is 1.84. The number of anilines is 2. The van der Waals surface area contributed by atoms with Crippen molar-refractivity contribution >= 4 is 17.2 Å². The van der Waals surface area contributed by atoms with Crippen molar-refractivity contribution in [2.45, 2.75) is 26.2 Å². The first-order valence-corrected chi connectivity index (χ1v) is 9.18. The van der Waals surface area contributed by atoms with Crippen LogP contribution in [0.5, 0.6) is 0 Å². The summed E-state index contributed by atoms with van der Waals surface area (Å²) in [5, 5.41) is 3.48. The van der Waals surface area contributed by atoms with Crippen molar-refractivity contribution in [2.75, 3.05) is 5.32 Å².